The van der Waals surface area contributed by atoms with E-state index in [-0.39, 0.29) is 0 Å². The van der Waals surface area contributed by atoms with Crippen molar-refractivity contribution < 1.29 is 0 Å². The van der Waals surface area contributed by atoms with Crippen LogP contribution in [0, 0.1) is 0 Å². The maximum atomic E-state index is 5.39. The third-order valence-corrected chi connectivity index (χ3v) is 12.2. The van der Waals surface area contributed by atoms with Gasteiger partial charge in [-0.3, -0.25) is 15.0 Å². The lowest BCUT2D eigenvalue weighted by atomic mass is 9.81. The minimum absolute atomic E-state index is 0.813. The molecule has 0 bridgehead atoms. The lowest BCUT2D eigenvalue weighted by Gasteiger charge is -2.22. The molecule has 5 heteroatoms. The second kappa shape index (κ2) is 15.7. The van der Waals surface area contributed by atoms with Crippen LogP contribution in [0.2, 0.25) is 0 Å². The Bertz CT molecular complexity index is 3710. The van der Waals surface area contributed by atoms with Crippen molar-refractivity contribution in [2.24, 2.45) is 0 Å². The maximum absolute atomic E-state index is 5.39. The number of fused-ring (bicyclic) bond motifs is 5. The fourth-order valence-electron chi connectivity index (χ4n) is 9.47. The molecule has 12 aromatic rings. The first-order chi connectivity index (χ1) is 31.8. The number of nitrogens with zero attached hydrogens (tertiary/aromatic N) is 5. The largest absolute Gasteiger partial charge is 0.264 e. The standard InChI is InChI=1S/C59H37N5/c1-2-16-38(17-3-1)39-18-12-19-40(34-39)56-43-22-5-4-21-42(43)46-35-48-49(36-47(46)57(56)41-20-15-31-60-37-41)59(55-30-14-28-53(64-55)51-26-9-11-33-62-51)45-24-7-6-23-44(45)58(48)54-29-13-27-52(63-54)50-25-8-10-32-61-50/h1-37H. The second-order valence-electron chi connectivity index (χ2n) is 16.0. The van der Waals surface area contributed by atoms with E-state index in [1.165, 1.54) is 16.3 Å². The van der Waals surface area contributed by atoms with E-state index >= 15 is 0 Å². The second-order valence-corrected chi connectivity index (χ2v) is 16.0. The molecule has 0 aliphatic heterocycles. The van der Waals surface area contributed by atoms with Gasteiger partial charge in [-0.25, -0.2) is 9.97 Å². The highest BCUT2D eigenvalue weighted by Gasteiger charge is 2.24. The first-order valence-corrected chi connectivity index (χ1v) is 21.5. The quantitative estimate of drug-likeness (QED) is 0.118. The van der Waals surface area contributed by atoms with Crippen molar-refractivity contribution in [2.75, 3.05) is 0 Å². The molecule has 0 N–H and O–H groups in total. The Balaban J connectivity index is 1.25. The zero-order chi connectivity index (χ0) is 42.4. The summed E-state index contributed by atoms with van der Waals surface area (Å²) in [6, 6.07) is 70.5. The summed E-state index contributed by atoms with van der Waals surface area (Å²) in [7, 11) is 0. The van der Waals surface area contributed by atoms with E-state index in [1.807, 2.05) is 79.4 Å². The first kappa shape index (κ1) is 37.1. The third kappa shape index (κ3) is 6.38. The minimum Gasteiger partial charge on any atom is -0.264 e. The van der Waals surface area contributed by atoms with Crippen LogP contribution in [0.1, 0.15) is 0 Å². The Hall–Kier alpha value is -8.67. The van der Waals surface area contributed by atoms with Crippen LogP contribution in [0.25, 0.3) is 122 Å². The minimum atomic E-state index is 0.813. The molecule has 0 saturated carbocycles. The normalized spacial score (nSPS) is 11.4. The van der Waals surface area contributed by atoms with Crippen LogP contribution in [0.5, 0.6) is 0 Å². The van der Waals surface area contributed by atoms with Crippen molar-refractivity contribution in [3.63, 3.8) is 0 Å². The zero-order valence-electron chi connectivity index (χ0n) is 34.6. The van der Waals surface area contributed by atoms with Crippen LogP contribution in [0.3, 0.4) is 0 Å². The predicted molar refractivity (Wildman–Crippen MR) is 263 cm³/mol. The molecule has 0 atom stereocenters. The predicted octanol–water partition coefficient (Wildman–Crippen LogP) is 14.9. The SMILES string of the molecule is c1ccc(-c2cccc(-c3c(-c4cccnc4)c4cc5c(-c6cccc(-c7ccccn7)n6)c6ccccc6c(-c6cccc(-c7ccccn7)n6)c5cc4c4ccccc34)c2)cc1. The van der Waals surface area contributed by atoms with E-state index in [4.69, 9.17) is 19.9 Å². The molecule has 0 saturated heterocycles. The number of benzene rings is 7. The van der Waals surface area contributed by atoms with Gasteiger partial charge in [0.05, 0.1) is 34.2 Å². The van der Waals surface area contributed by atoms with Crippen LogP contribution < -0.4 is 0 Å². The fourth-order valence-corrected chi connectivity index (χ4v) is 9.47. The summed E-state index contributed by atoms with van der Waals surface area (Å²) in [5, 5.41) is 8.92. The number of hydrogen-bond donors (Lipinski definition) is 0. The monoisotopic (exact) mass is 815 g/mol. The molecule has 0 aliphatic rings. The fraction of sp³-hybridized carbons (Fsp3) is 0. The summed E-state index contributed by atoms with van der Waals surface area (Å²) in [6.07, 6.45) is 7.48. The lowest BCUT2D eigenvalue weighted by Crippen LogP contribution is -1.97. The van der Waals surface area contributed by atoms with E-state index < -0.39 is 0 Å². The Morgan fingerprint density at radius 1 is 0.234 bits per heavy atom. The van der Waals surface area contributed by atoms with Gasteiger partial charge in [0, 0.05) is 41.5 Å². The molecule has 5 aromatic heterocycles. The van der Waals surface area contributed by atoms with Crippen molar-refractivity contribution in [3.05, 3.63) is 225 Å². The molecule has 0 aliphatic carbocycles. The van der Waals surface area contributed by atoms with Crippen molar-refractivity contribution >= 4 is 43.1 Å². The Morgan fingerprint density at radius 2 is 0.688 bits per heavy atom. The molecule has 5 heterocycles. The van der Waals surface area contributed by atoms with Gasteiger partial charge in [0.1, 0.15) is 0 Å². The number of hydrogen-bond acceptors (Lipinski definition) is 5. The smallest absolute Gasteiger partial charge is 0.0893 e. The van der Waals surface area contributed by atoms with E-state index in [0.717, 1.165) is 105 Å². The number of rotatable bonds is 7. The molecule has 0 amide bonds. The Morgan fingerprint density at radius 3 is 1.28 bits per heavy atom. The summed E-state index contributed by atoms with van der Waals surface area (Å²) >= 11 is 0. The van der Waals surface area contributed by atoms with Crippen LogP contribution in [0.15, 0.2) is 225 Å². The number of pyridine rings is 5. The van der Waals surface area contributed by atoms with Gasteiger partial charge in [0.2, 0.25) is 0 Å². The van der Waals surface area contributed by atoms with E-state index in [9.17, 15) is 0 Å². The van der Waals surface area contributed by atoms with Crippen molar-refractivity contribution in [3.8, 4) is 78.7 Å². The molecule has 0 fully saturated rings. The molecule has 5 nitrogen and oxygen atoms in total. The van der Waals surface area contributed by atoms with Gasteiger partial charge in [0.25, 0.3) is 0 Å². The highest BCUT2D eigenvalue weighted by molar-refractivity contribution is 6.29. The van der Waals surface area contributed by atoms with Gasteiger partial charge in [-0.05, 0) is 144 Å². The topological polar surface area (TPSA) is 64.5 Å². The molecular formula is C59H37N5. The number of aromatic nitrogens is 5. The van der Waals surface area contributed by atoms with Crippen LogP contribution in [0.4, 0.5) is 0 Å². The van der Waals surface area contributed by atoms with Gasteiger partial charge < -0.3 is 0 Å². The van der Waals surface area contributed by atoms with Gasteiger partial charge >= 0.3 is 0 Å². The van der Waals surface area contributed by atoms with Gasteiger partial charge in [-0.2, -0.15) is 0 Å². The highest BCUT2D eigenvalue weighted by Crippen LogP contribution is 2.50. The first-order valence-electron chi connectivity index (χ1n) is 21.5. The molecule has 0 radical (unpaired) electrons. The average molecular weight is 816 g/mol. The van der Waals surface area contributed by atoms with Gasteiger partial charge in [-0.1, -0.05) is 127 Å². The molecular weight excluding hydrogens is 779 g/mol. The summed E-state index contributed by atoms with van der Waals surface area (Å²) in [4.78, 5) is 24.8. The highest BCUT2D eigenvalue weighted by atomic mass is 14.8. The van der Waals surface area contributed by atoms with Crippen molar-refractivity contribution in [2.45, 2.75) is 0 Å². The molecule has 7 aromatic carbocycles. The van der Waals surface area contributed by atoms with Crippen LogP contribution in [-0.4, -0.2) is 24.9 Å². The zero-order valence-corrected chi connectivity index (χ0v) is 34.6. The van der Waals surface area contributed by atoms with Crippen LogP contribution in [-0.2, 0) is 0 Å². The lowest BCUT2D eigenvalue weighted by molar-refractivity contribution is 1.25. The third-order valence-electron chi connectivity index (χ3n) is 12.2. The Labute approximate surface area is 370 Å². The average Bonchev–Trinajstić information content (AvgIpc) is 3.38. The summed E-state index contributed by atoms with van der Waals surface area (Å²) < 4.78 is 0. The van der Waals surface area contributed by atoms with Gasteiger partial charge in [-0.15, -0.1) is 0 Å². The molecule has 0 spiro atoms. The van der Waals surface area contributed by atoms with Crippen molar-refractivity contribution in [1.29, 1.82) is 0 Å². The van der Waals surface area contributed by atoms with Crippen molar-refractivity contribution in [1.82, 2.24) is 24.9 Å². The summed E-state index contributed by atoms with van der Waals surface area (Å²) in [5.74, 6) is 0. The van der Waals surface area contributed by atoms with Gasteiger partial charge in [0.15, 0.2) is 0 Å². The van der Waals surface area contributed by atoms with E-state index in [1.54, 1.807) is 0 Å². The molecule has 12 rings (SSSR count). The van der Waals surface area contributed by atoms with E-state index in [0.29, 0.717) is 0 Å². The summed E-state index contributed by atoms with van der Waals surface area (Å²) in [5.41, 5.74) is 13.9. The molecule has 64 heavy (non-hydrogen) atoms. The maximum Gasteiger partial charge on any atom is 0.0893 e. The molecule has 0 unspecified atom stereocenters. The van der Waals surface area contributed by atoms with Crippen LogP contribution >= 0.6 is 0 Å². The van der Waals surface area contributed by atoms with E-state index in [2.05, 4.69) is 151 Å². The summed E-state index contributed by atoms with van der Waals surface area (Å²) in [6.45, 7) is 0. The molecule has 298 valence electrons. The Kier molecular flexibility index (Phi) is 9.08.